The van der Waals surface area contributed by atoms with E-state index in [1.807, 2.05) is 32.3 Å². The van der Waals surface area contributed by atoms with Crippen LogP contribution in [0.1, 0.15) is 16.1 Å². The maximum absolute atomic E-state index is 14.4. The van der Waals surface area contributed by atoms with Crippen LogP contribution in [0.3, 0.4) is 0 Å². The molecular weight excluding hydrogens is 419 g/mol. The number of benzene rings is 2. The van der Waals surface area contributed by atoms with Gasteiger partial charge in [-0.15, -0.1) is 12.4 Å². The summed E-state index contributed by atoms with van der Waals surface area (Å²) in [4.78, 5) is 18.4. The molecule has 4 aromatic rings. The average Bonchev–Trinajstić information content (AvgIpc) is 3.29. The summed E-state index contributed by atoms with van der Waals surface area (Å²) in [5.74, 6) is -0.704. The minimum absolute atomic E-state index is 0. The van der Waals surface area contributed by atoms with Crippen LogP contribution in [0.25, 0.3) is 21.8 Å². The highest BCUT2D eigenvalue weighted by atomic mass is 35.5. The quantitative estimate of drug-likeness (QED) is 0.453. The van der Waals surface area contributed by atoms with E-state index in [-0.39, 0.29) is 18.3 Å². The van der Waals surface area contributed by atoms with E-state index in [0.29, 0.717) is 22.3 Å². The molecule has 2 aromatic carbocycles. The third-order valence-corrected chi connectivity index (χ3v) is 5.54. The number of piperazine rings is 1. The molecule has 3 heterocycles. The van der Waals surface area contributed by atoms with Gasteiger partial charge < -0.3 is 20.5 Å². The van der Waals surface area contributed by atoms with Crippen molar-refractivity contribution in [2.45, 2.75) is 6.92 Å². The van der Waals surface area contributed by atoms with Crippen LogP contribution in [0.4, 0.5) is 15.8 Å². The third-order valence-electron chi connectivity index (χ3n) is 5.54. The SMILES string of the molecule is Cc1cc2cc(NC(=O)c3ccc(N4CCNCC4)c4cn(C)nc34)cc(F)c2[nH]1.Cl. The monoisotopic (exact) mass is 442 g/mol. The fourth-order valence-electron chi connectivity index (χ4n) is 4.18. The van der Waals surface area contributed by atoms with E-state index in [0.717, 1.165) is 48.3 Å². The zero-order valence-electron chi connectivity index (χ0n) is 17.3. The lowest BCUT2D eigenvalue weighted by molar-refractivity contribution is 0.102. The molecule has 162 valence electrons. The molecule has 0 aliphatic carbocycles. The summed E-state index contributed by atoms with van der Waals surface area (Å²) < 4.78 is 16.1. The Hall–Kier alpha value is -3.10. The van der Waals surface area contributed by atoms with Crippen LogP contribution in [-0.4, -0.2) is 46.9 Å². The predicted molar refractivity (Wildman–Crippen MR) is 124 cm³/mol. The predicted octanol–water partition coefficient (Wildman–Crippen LogP) is 3.59. The van der Waals surface area contributed by atoms with E-state index >= 15 is 0 Å². The number of nitrogens with zero attached hydrogens (tertiary/aromatic N) is 3. The van der Waals surface area contributed by atoms with Crippen LogP contribution < -0.4 is 15.5 Å². The van der Waals surface area contributed by atoms with Crippen LogP contribution in [-0.2, 0) is 7.05 Å². The van der Waals surface area contributed by atoms with Gasteiger partial charge in [-0.1, -0.05) is 0 Å². The maximum Gasteiger partial charge on any atom is 0.257 e. The van der Waals surface area contributed by atoms with Gasteiger partial charge in [0, 0.05) is 67.3 Å². The zero-order chi connectivity index (χ0) is 20.8. The topological polar surface area (TPSA) is 78.0 Å². The Morgan fingerprint density at radius 1 is 1.19 bits per heavy atom. The molecule has 5 rings (SSSR count). The smallest absolute Gasteiger partial charge is 0.257 e. The Bertz CT molecular complexity index is 1270. The van der Waals surface area contributed by atoms with Gasteiger partial charge in [-0.25, -0.2) is 4.39 Å². The summed E-state index contributed by atoms with van der Waals surface area (Å²) in [7, 11) is 1.85. The van der Waals surface area contributed by atoms with Gasteiger partial charge in [-0.3, -0.25) is 9.48 Å². The van der Waals surface area contributed by atoms with Gasteiger partial charge in [-0.05, 0) is 37.3 Å². The van der Waals surface area contributed by atoms with Gasteiger partial charge in [0.05, 0.1) is 11.1 Å². The number of carbonyl (C=O) groups excluding carboxylic acids is 1. The van der Waals surface area contributed by atoms with Crippen molar-refractivity contribution in [1.82, 2.24) is 20.1 Å². The van der Waals surface area contributed by atoms with Gasteiger partial charge >= 0.3 is 0 Å². The molecule has 0 unspecified atom stereocenters. The Labute approximate surface area is 185 Å². The lowest BCUT2D eigenvalue weighted by Gasteiger charge is -2.30. The number of hydrogen-bond donors (Lipinski definition) is 3. The first-order valence-corrected chi connectivity index (χ1v) is 10.0. The third kappa shape index (κ3) is 3.84. The summed E-state index contributed by atoms with van der Waals surface area (Å²) in [6.45, 7) is 5.54. The number of H-pyrrole nitrogens is 1. The summed E-state index contributed by atoms with van der Waals surface area (Å²) >= 11 is 0. The Kier molecular flexibility index (Phi) is 5.60. The number of hydrogen-bond acceptors (Lipinski definition) is 4. The van der Waals surface area contributed by atoms with Gasteiger partial charge in [0.1, 0.15) is 11.3 Å². The number of amides is 1. The molecule has 1 aliphatic heterocycles. The number of halogens is 2. The summed E-state index contributed by atoms with van der Waals surface area (Å²) in [6, 6.07) is 8.74. The zero-order valence-corrected chi connectivity index (χ0v) is 18.1. The first kappa shape index (κ1) is 21.1. The average molecular weight is 443 g/mol. The number of carbonyl (C=O) groups is 1. The van der Waals surface area contributed by atoms with Crippen molar-refractivity contribution in [3.8, 4) is 0 Å². The van der Waals surface area contributed by atoms with Gasteiger partial charge in [-0.2, -0.15) is 5.10 Å². The minimum Gasteiger partial charge on any atom is -0.368 e. The molecule has 0 atom stereocenters. The van der Waals surface area contributed by atoms with Crippen LogP contribution in [0, 0.1) is 12.7 Å². The summed E-state index contributed by atoms with van der Waals surface area (Å²) in [6.07, 6.45) is 1.94. The first-order chi connectivity index (χ1) is 14.5. The normalized spacial score (nSPS) is 14.1. The van der Waals surface area contributed by atoms with Gasteiger partial charge in [0.2, 0.25) is 0 Å². The first-order valence-electron chi connectivity index (χ1n) is 10.0. The number of anilines is 2. The highest BCUT2D eigenvalue weighted by Crippen LogP contribution is 2.30. The molecule has 0 spiro atoms. The fourth-order valence-corrected chi connectivity index (χ4v) is 4.18. The molecule has 1 saturated heterocycles. The van der Waals surface area contributed by atoms with Crippen LogP contribution in [0.15, 0.2) is 36.5 Å². The largest absolute Gasteiger partial charge is 0.368 e. The lowest BCUT2D eigenvalue weighted by atomic mass is 10.1. The van der Waals surface area contributed by atoms with E-state index < -0.39 is 5.82 Å². The van der Waals surface area contributed by atoms with E-state index in [2.05, 4.69) is 25.6 Å². The van der Waals surface area contributed by atoms with Gasteiger partial charge in [0.15, 0.2) is 0 Å². The molecule has 3 N–H and O–H groups in total. The Morgan fingerprint density at radius 3 is 2.74 bits per heavy atom. The van der Waals surface area contributed by atoms with Crippen molar-refractivity contribution in [1.29, 1.82) is 0 Å². The standard InChI is InChI=1S/C22H23FN6O.ClH/c1-13-9-14-10-15(11-18(23)20(14)25-13)26-22(30)16-3-4-19(29-7-5-24-6-8-29)17-12-28(2)27-21(16)17;/h3-4,9-12,24-25H,5-8H2,1-2H3,(H,26,30);1H. The van der Waals surface area contributed by atoms with Gasteiger partial charge in [0.25, 0.3) is 5.91 Å². The minimum atomic E-state index is -0.395. The fraction of sp³-hybridized carbons (Fsp3) is 0.273. The molecule has 31 heavy (non-hydrogen) atoms. The molecule has 1 aliphatic rings. The molecule has 0 saturated carbocycles. The molecular formula is C22H24ClFN6O. The van der Waals surface area contributed by atoms with Crippen molar-refractivity contribution >= 4 is 51.5 Å². The van der Waals surface area contributed by atoms with E-state index in [9.17, 15) is 9.18 Å². The maximum atomic E-state index is 14.4. The second-order valence-corrected chi connectivity index (χ2v) is 7.76. The molecule has 0 radical (unpaired) electrons. The van der Waals surface area contributed by atoms with Crippen LogP contribution in [0.2, 0.25) is 0 Å². The Morgan fingerprint density at radius 2 is 1.97 bits per heavy atom. The molecule has 0 bridgehead atoms. The number of nitrogens with one attached hydrogen (secondary N) is 3. The van der Waals surface area contributed by atoms with Crippen LogP contribution in [0.5, 0.6) is 0 Å². The van der Waals surface area contributed by atoms with Crippen molar-refractivity contribution in [3.63, 3.8) is 0 Å². The van der Waals surface area contributed by atoms with E-state index in [4.69, 9.17) is 0 Å². The van der Waals surface area contributed by atoms with Crippen molar-refractivity contribution in [2.75, 3.05) is 36.4 Å². The second-order valence-electron chi connectivity index (χ2n) is 7.76. The second kappa shape index (κ2) is 8.20. The summed E-state index contributed by atoms with van der Waals surface area (Å²) in [5.41, 5.74) is 3.91. The molecule has 9 heteroatoms. The molecule has 1 amide bonds. The lowest BCUT2D eigenvalue weighted by Crippen LogP contribution is -2.43. The van der Waals surface area contributed by atoms with Crippen LogP contribution >= 0.6 is 12.4 Å². The summed E-state index contributed by atoms with van der Waals surface area (Å²) in [5, 5.41) is 12.4. The van der Waals surface area contributed by atoms with E-state index in [1.165, 1.54) is 6.07 Å². The number of aryl methyl sites for hydroxylation is 2. The van der Waals surface area contributed by atoms with Crippen molar-refractivity contribution in [3.05, 3.63) is 53.6 Å². The molecule has 1 fully saturated rings. The Balaban J connectivity index is 0.00000231. The molecule has 2 aromatic heterocycles. The van der Waals surface area contributed by atoms with Crippen molar-refractivity contribution < 1.29 is 9.18 Å². The van der Waals surface area contributed by atoms with Crippen molar-refractivity contribution in [2.24, 2.45) is 7.05 Å². The highest BCUT2D eigenvalue weighted by molar-refractivity contribution is 6.14. The highest BCUT2D eigenvalue weighted by Gasteiger charge is 2.20. The number of aromatic nitrogens is 3. The van der Waals surface area contributed by atoms with E-state index in [1.54, 1.807) is 16.8 Å². The molecule has 7 nitrogen and oxygen atoms in total. The number of aromatic amines is 1. The number of fused-ring (bicyclic) bond motifs is 2. The number of rotatable bonds is 3.